The van der Waals surface area contributed by atoms with E-state index in [2.05, 4.69) is 0 Å². The van der Waals surface area contributed by atoms with Crippen molar-refractivity contribution in [3.05, 3.63) is 0 Å². The van der Waals surface area contributed by atoms with Crippen LogP contribution in [0, 0.1) is 5.92 Å². The van der Waals surface area contributed by atoms with Gasteiger partial charge in [-0.05, 0) is 12.8 Å². The van der Waals surface area contributed by atoms with Crippen molar-refractivity contribution in [2.75, 3.05) is 0 Å². The van der Waals surface area contributed by atoms with Gasteiger partial charge in [0.25, 0.3) is 0 Å². The van der Waals surface area contributed by atoms with E-state index in [1.807, 2.05) is 0 Å². The average molecular weight is 141 g/mol. The normalized spacial score (nSPS) is 26.4. The minimum atomic E-state index is -0.326. The van der Waals surface area contributed by atoms with E-state index in [0.29, 0.717) is 12.8 Å². The molecule has 0 spiro atoms. The molecule has 0 saturated heterocycles. The van der Waals surface area contributed by atoms with Gasteiger partial charge in [-0.3, -0.25) is 9.59 Å². The number of rotatable bonds is 1. The highest BCUT2D eigenvalue weighted by molar-refractivity contribution is 5.87. The molecular weight excluding hydrogens is 130 g/mol. The van der Waals surface area contributed by atoms with E-state index < -0.39 is 0 Å². The molecule has 1 amide bonds. The maximum Gasteiger partial charge on any atom is 0.220 e. The summed E-state index contributed by atoms with van der Waals surface area (Å²) in [4.78, 5) is 21.3. The Hall–Kier alpha value is -0.860. The zero-order valence-corrected chi connectivity index (χ0v) is 5.80. The first kappa shape index (κ1) is 7.25. The maximum absolute atomic E-state index is 10.8. The Bertz CT molecular complexity index is 163. The van der Waals surface area contributed by atoms with Crippen LogP contribution in [0.5, 0.6) is 0 Å². The lowest BCUT2D eigenvalue weighted by atomic mass is 9.88. The fourth-order valence-electron chi connectivity index (χ4n) is 1.27. The summed E-state index contributed by atoms with van der Waals surface area (Å²) in [5, 5.41) is 0. The lowest BCUT2D eigenvalue weighted by molar-refractivity contribution is -0.129. The topological polar surface area (TPSA) is 60.2 Å². The van der Waals surface area contributed by atoms with Crippen LogP contribution in [0.25, 0.3) is 0 Å². The SMILES string of the molecule is NC(=O)C1CCCC(=O)C1. The van der Waals surface area contributed by atoms with Crippen LogP contribution in [0.4, 0.5) is 0 Å². The van der Waals surface area contributed by atoms with E-state index in [0.717, 1.165) is 12.8 Å². The number of hydrogen-bond donors (Lipinski definition) is 1. The van der Waals surface area contributed by atoms with Crippen LogP contribution in [0.1, 0.15) is 25.7 Å². The van der Waals surface area contributed by atoms with Crippen LogP contribution >= 0.6 is 0 Å². The third-order valence-electron chi connectivity index (χ3n) is 1.88. The molecule has 1 saturated carbocycles. The molecule has 0 aliphatic heterocycles. The van der Waals surface area contributed by atoms with Gasteiger partial charge < -0.3 is 5.73 Å². The Morgan fingerprint density at radius 1 is 1.60 bits per heavy atom. The third-order valence-corrected chi connectivity index (χ3v) is 1.88. The minimum absolute atomic E-state index is 0.176. The first-order valence-electron chi connectivity index (χ1n) is 3.51. The number of amides is 1. The van der Waals surface area contributed by atoms with Crippen LogP contribution in [0.2, 0.25) is 0 Å². The fourth-order valence-corrected chi connectivity index (χ4v) is 1.27. The summed E-state index contributed by atoms with van der Waals surface area (Å²) >= 11 is 0. The van der Waals surface area contributed by atoms with Gasteiger partial charge in [-0.15, -0.1) is 0 Å². The Balaban J connectivity index is 2.47. The number of hydrogen-bond acceptors (Lipinski definition) is 2. The number of nitrogens with two attached hydrogens (primary N) is 1. The van der Waals surface area contributed by atoms with Gasteiger partial charge in [0, 0.05) is 18.8 Å². The molecule has 10 heavy (non-hydrogen) atoms. The molecule has 1 unspecified atom stereocenters. The molecule has 1 atom stereocenters. The summed E-state index contributed by atoms with van der Waals surface area (Å²) in [5.41, 5.74) is 5.04. The van der Waals surface area contributed by atoms with E-state index >= 15 is 0 Å². The zero-order chi connectivity index (χ0) is 7.56. The number of carbonyl (C=O) groups is 2. The summed E-state index contributed by atoms with van der Waals surface area (Å²) in [6.07, 6.45) is 2.62. The summed E-state index contributed by atoms with van der Waals surface area (Å²) < 4.78 is 0. The van der Waals surface area contributed by atoms with Crippen LogP contribution in [0.3, 0.4) is 0 Å². The quantitative estimate of drug-likeness (QED) is 0.568. The standard InChI is InChI=1S/C7H11NO2/c8-7(10)5-2-1-3-6(9)4-5/h5H,1-4H2,(H2,8,10). The minimum Gasteiger partial charge on any atom is -0.369 e. The van der Waals surface area contributed by atoms with Gasteiger partial charge in [-0.2, -0.15) is 0 Å². The van der Waals surface area contributed by atoms with Crippen molar-refractivity contribution >= 4 is 11.7 Å². The molecule has 1 aliphatic carbocycles. The summed E-state index contributed by atoms with van der Waals surface area (Å²) in [6, 6.07) is 0. The third kappa shape index (κ3) is 1.56. The van der Waals surface area contributed by atoms with E-state index in [-0.39, 0.29) is 17.6 Å². The van der Waals surface area contributed by atoms with Crippen molar-refractivity contribution in [3.63, 3.8) is 0 Å². The zero-order valence-electron chi connectivity index (χ0n) is 5.80. The summed E-state index contributed by atoms with van der Waals surface area (Å²) in [5.74, 6) is -0.329. The van der Waals surface area contributed by atoms with Gasteiger partial charge in [-0.25, -0.2) is 0 Å². The second-order valence-electron chi connectivity index (χ2n) is 2.73. The van der Waals surface area contributed by atoms with Crippen LogP contribution in [0.15, 0.2) is 0 Å². The van der Waals surface area contributed by atoms with Gasteiger partial charge in [0.1, 0.15) is 5.78 Å². The number of primary amides is 1. The molecule has 0 aromatic rings. The van der Waals surface area contributed by atoms with Crippen molar-refractivity contribution in [1.29, 1.82) is 0 Å². The molecule has 0 heterocycles. The Morgan fingerprint density at radius 2 is 2.30 bits per heavy atom. The van der Waals surface area contributed by atoms with Crippen molar-refractivity contribution in [1.82, 2.24) is 0 Å². The highest BCUT2D eigenvalue weighted by Gasteiger charge is 2.23. The summed E-state index contributed by atoms with van der Waals surface area (Å²) in [7, 11) is 0. The Morgan fingerprint density at radius 3 is 2.70 bits per heavy atom. The highest BCUT2D eigenvalue weighted by atomic mass is 16.1. The van der Waals surface area contributed by atoms with E-state index in [4.69, 9.17) is 5.73 Å². The maximum atomic E-state index is 10.8. The van der Waals surface area contributed by atoms with Gasteiger partial charge in [0.15, 0.2) is 0 Å². The highest BCUT2D eigenvalue weighted by Crippen LogP contribution is 2.20. The van der Waals surface area contributed by atoms with Crippen molar-refractivity contribution in [2.24, 2.45) is 11.7 Å². The Kier molecular flexibility index (Phi) is 2.04. The smallest absolute Gasteiger partial charge is 0.220 e. The Labute approximate surface area is 59.6 Å². The first-order valence-corrected chi connectivity index (χ1v) is 3.51. The molecule has 1 rings (SSSR count). The molecule has 56 valence electrons. The van der Waals surface area contributed by atoms with Gasteiger partial charge >= 0.3 is 0 Å². The van der Waals surface area contributed by atoms with Crippen LogP contribution in [-0.2, 0) is 9.59 Å². The molecule has 0 aromatic carbocycles. The van der Waals surface area contributed by atoms with Crippen molar-refractivity contribution in [3.8, 4) is 0 Å². The van der Waals surface area contributed by atoms with E-state index in [9.17, 15) is 9.59 Å². The fraction of sp³-hybridized carbons (Fsp3) is 0.714. The predicted molar refractivity (Wildman–Crippen MR) is 36.2 cm³/mol. The molecule has 3 heteroatoms. The number of ketones is 1. The van der Waals surface area contributed by atoms with E-state index in [1.165, 1.54) is 0 Å². The van der Waals surface area contributed by atoms with E-state index in [1.54, 1.807) is 0 Å². The first-order chi connectivity index (χ1) is 4.70. The molecule has 0 radical (unpaired) electrons. The number of Topliss-reactive ketones (excluding diaryl/α,β-unsaturated/α-hetero) is 1. The lowest BCUT2D eigenvalue weighted by Crippen LogP contribution is -2.28. The molecule has 3 nitrogen and oxygen atoms in total. The monoisotopic (exact) mass is 141 g/mol. The average Bonchev–Trinajstić information content (AvgIpc) is 1.88. The molecule has 2 N–H and O–H groups in total. The molecular formula is C7H11NO2. The molecule has 1 aliphatic rings. The molecule has 1 fully saturated rings. The number of carbonyl (C=O) groups excluding carboxylic acids is 2. The van der Waals surface area contributed by atoms with Crippen molar-refractivity contribution in [2.45, 2.75) is 25.7 Å². The second kappa shape index (κ2) is 2.82. The van der Waals surface area contributed by atoms with Gasteiger partial charge in [0.05, 0.1) is 0 Å². The predicted octanol–water partition coefficient (Wildman–Crippen LogP) is 0.231. The second-order valence-corrected chi connectivity index (χ2v) is 2.73. The van der Waals surface area contributed by atoms with Crippen LogP contribution < -0.4 is 5.73 Å². The molecule has 0 bridgehead atoms. The van der Waals surface area contributed by atoms with Gasteiger partial charge in [-0.1, -0.05) is 0 Å². The summed E-state index contributed by atoms with van der Waals surface area (Å²) in [6.45, 7) is 0. The van der Waals surface area contributed by atoms with Gasteiger partial charge in [0.2, 0.25) is 5.91 Å². The largest absolute Gasteiger partial charge is 0.369 e. The van der Waals surface area contributed by atoms with Crippen LogP contribution in [-0.4, -0.2) is 11.7 Å². The molecule has 0 aromatic heterocycles. The van der Waals surface area contributed by atoms with Crippen molar-refractivity contribution < 1.29 is 9.59 Å². The lowest BCUT2D eigenvalue weighted by Gasteiger charge is -2.16.